The first kappa shape index (κ1) is 12.8. The van der Waals surface area contributed by atoms with E-state index in [0.29, 0.717) is 5.02 Å². The van der Waals surface area contributed by atoms with Crippen LogP contribution in [0, 0.1) is 6.92 Å². The molecule has 1 unspecified atom stereocenters. The van der Waals surface area contributed by atoms with Crippen molar-refractivity contribution in [3.8, 4) is 0 Å². The second kappa shape index (κ2) is 5.35. The van der Waals surface area contributed by atoms with Crippen LogP contribution in [0.15, 0.2) is 27.4 Å². The second-order valence-electron chi connectivity index (χ2n) is 3.69. The standard InChI is InChI=1S/C11H12ClN3S2/c1-6(13)8-3-4-10(9(12)5-8)16-11-14-7(2)15-17-11/h3-6H,13H2,1-2H3. The summed E-state index contributed by atoms with van der Waals surface area (Å²) in [5.41, 5.74) is 6.84. The lowest BCUT2D eigenvalue weighted by Crippen LogP contribution is -2.04. The van der Waals surface area contributed by atoms with Gasteiger partial charge in [0.2, 0.25) is 0 Å². The van der Waals surface area contributed by atoms with Crippen LogP contribution in [0.1, 0.15) is 24.4 Å². The third kappa shape index (κ3) is 3.19. The first-order valence-electron chi connectivity index (χ1n) is 5.09. The number of hydrogen-bond acceptors (Lipinski definition) is 5. The Morgan fingerprint density at radius 2 is 2.24 bits per heavy atom. The fourth-order valence-corrected chi connectivity index (χ4v) is 3.21. The van der Waals surface area contributed by atoms with E-state index in [1.807, 2.05) is 32.0 Å². The molecule has 0 aliphatic heterocycles. The minimum atomic E-state index is -0.00433. The number of hydrogen-bond donors (Lipinski definition) is 1. The minimum absolute atomic E-state index is 0.00433. The fourth-order valence-electron chi connectivity index (χ4n) is 1.30. The predicted molar refractivity (Wildman–Crippen MR) is 72.8 cm³/mol. The van der Waals surface area contributed by atoms with Crippen molar-refractivity contribution in [2.45, 2.75) is 29.1 Å². The molecule has 2 N–H and O–H groups in total. The van der Waals surface area contributed by atoms with Gasteiger partial charge in [-0.2, -0.15) is 4.37 Å². The van der Waals surface area contributed by atoms with Gasteiger partial charge in [-0.05, 0) is 43.1 Å². The number of aryl methyl sites for hydroxylation is 1. The summed E-state index contributed by atoms with van der Waals surface area (Å²) in [5.74, 6) is 0.792. The van der Waals surface area contributed by atoms with Gasteiger partial charge in [-0.15, -0.1) is 0 Å². The van der Waals surface area contributed by atoms with Crippen LogP contribution in [0.4, 0.5) is 0 Å². The van der Waals surface area contributed by atoms with E-state index in [1.54, 1.807) is 0 Å². The molecule has 0 fully saturated rings. The van der Waals surface area contributed by atoms with Gasteiger partial charge in [-0.25, -0.2) is 4.98 Å². The third-order valence-electron chi connectivity index (χ3n) is 2.19. The van der Waals surface area contributed by atoms with E-state index in [-0.39, 0.29) is 6.04 Å². The molecule has 1 heterocycles. The largest absolute Gasteiger partial charge is 0.324 e. The van der Waals surface area contributed by atoms with Gasteiger partial charge >= 0.3 is 0 Å². The average molecular weight is 286 g/mol. The molecule has 90 valence electrons. The molecule has 0 radical (unpaired) electrons. The van der Waals surface area contributed by atoms with Crippen LogP contribution in [0.2, 0.25) is 5.02 Å². The van der Waals surface area contributed by atoms with Crippen molar-refractivity contribution >= 4 is 34.9 Å². The van der Waals surface area contributed by atoms with Gasteiger partial charge in [0.05, 0.1) is 5.02 Å². The quantitative estimate of drug-likeness (QED) is 0.935. The molecule has 0 aliphatic carbocycles. The summed E-state index contributed by atoms with van der Waals surface area (Å²) >= 11 is 9.12. The first-order valence-corrected chi connectivity index (χ1v) is 7.06. The summed E-state index contributed by atoms with van der Waals surface area (Å²) in [6.45, 7) is 3.81. The van der Waals surface area contributed by atoms with Gasteiger partial charge in [0, 0.05) is 10.9 Å². The highest BCUT2D eigenvalue weighted by Gasteiger charge is 2.08. The highest BCUT2D eigenvalue weighted by molar-refractivity contribution is 8.01. The van der Waals surface area contributed by atoms with Crippen LogP contribution in [0.3, 0.4) is 0 Å². The summed E-state index contributed by atoms with van der Waals surface area (Å²) in [7, 11) is 0. The van der Waals surface area contributed by atoms with Gasteiger partial charge in [0.1, 0.15) is 5.82 Å². The maximum atomic E-state index is 6.21. The molecule has 2 aromatic rings. The SMILES string of the molecule is Cc1nsc(Sc2ccc(C(C)N)cc2Cl)n1. The van der Waals surface area contributed by atoms with Crippen molar-refractivity contribution in [3.05, 3.63) is 34.6 Å². The highest BCUT2D eigenvalue weighted by Crippen LogP contribution is 2.35. The Kier molecular flexibility index (Phi) is 4.04. The van der Waals surface area contributed by atoms with E-state index in [2.05, 4.69) is 9.36 Å². The Labute approximate surface area is 114 Å². The Morgan fingerprint density at radius 1 is 1.47 bits per heavy atom. The highest BCUT2D eigenvalue weighted by atomic mass is 35.5. The number of nitrogens with two attached hydrogens (primary N) is 1. The lowest BCUT2D eigenvalue weighted by Gasteiger charge is -2.08. The number of rotatable bonds is 3. The Bertz CT molecular complexity index is 525. The lowest BCUT2D eigenvalue weighted by molar-refractivity contribution is 0.817. The molecule has 0 amide bonds. The zero-order valence-electron chi connectivity index (χ0n) is 9.48. The number of nitrogens with zero attached hydrogens (tertiary/aromatic N) is 2. The van der Waals surface area contributed by atoms with Crippen LogP contribution in [0.5, 0.6) is 0 Å². The number of benzene rings is 1. The zero-order valence-corrected chi connectivity index (χ0v) is 11.9. The van der Waals surface area contributed by atoms with E-state index < -0.39 is 0 Å². The van der Waals surface area contributed by atoms with Gasteiger partial charge < -0.3 is 5.73 Å². The van der Waals surface area contributed by atoms with Crippen molar-refractivity contribution in [3.63, 3.8) is 0 Å². The van der Waals surface area contributed by atoms with Gasteiger partial charge in [-0.1, -0.05) is 29.4 Å². The summed E-state index contributed by atoms with van der Waals surface area (Å²) in [4.78, 5) is 5.27. The molecule has 1 atom stereocenters. The fraction of sp³-hybridized carbons (Fsp3) is 0.273. The summed E-state index contributed by atoms with van der Waals surface area (Å²) in [5, 5.41) is 0.706. The molecule has 0 saturated carbocycles. The second-order valence-corrected chi connectivity index (χ2v) is 6.14. The topological polar surface area (TPSA) is 51.8 Å². The molecule has 0 spiro atoms. The van der Waals surface area contributed by atoms with E-state index in [9.17, 15) is 0 Å². The van der Waals surface area contributed by atoms with Crippen LogP contribution in [-0.2, 0) is 0 Å². The molecular weight excluding hydrogens is 274 g/mol. The normalized spacial score (nSPS) is 12.7. The molecule has 3 nitrogen and oxygen atoms in total. The molecular formula is C11H12ClN3S2. The van der Waals surface area contributed by atoms with E-state index in [4.69, 9.17) is 17.3 Å². The van der Waals surface area contributed by atoms with Gasteiger partial charge in [0.25, 0.3) is 0 Å². The first-order chi connectivity index (χ1) is 8.06. The van der Waals surface area contributed by atoms with E-state index >= 15 is 0 Å². The molecule has 0 saturated heterocycles. The van der Waals surface area contributed by atoms with Crippen molar-refractivity contribution in [1.29, 1.82) is 0 Å². The average Bonchev–Trinajstić information content (AvgIpc) is 2.67. The lowest BCUT2D eigenvalue weighted by atomic mass is 10.1. The monoisotopic (exact) mass is 285 g/mol. The van der Waals surface area contributed by atoms with Gasteiger partial charge in [0.15, 0.2) is 4.34 Å². The number of halogens is 1. The molecule has 6 heteroatoms. The zero-order chi connectivity index (χ0) is 12.4. The minimum Gasteiger partial charge on any atom is -0.324 e. The third-order valence-corrected chi connectivity index (χ3v) is 4.53. The maximum absolute atomic E-state index is 6.21. The number of aromatic nitrogens is 2. The van der Waals surface area contributed by atoms with Crippen molar-refractivity contribution < 1.29 is 0 Å². The van der Waals surface area contributed by atoms with Crippen LogP contribution < -0.4 is 5.73 Å². The summed E-state index contributed by atoms with van der Waals surface area (Å²) in [6.07, 6.45) is 0. The smallest absolute Gasteiger partial charge is 0.174 e. The van der Waals surface area contributed by atoms with Crippen LogP contribution in [-0.4, -0.2) is 9.36 Å². The van der Waals surface area contributed by atoms with Crippen molar-refractivity contribution in [1.82, 2.24) is 9.36 Å². The summed E-state index contributed by atoms with van der Waals surface area (Å²) < 4.78 is 5.04. The molecule has 1 aromatic heterocycles. The molecule has 17 heavy (non-hydrogen) atoms. The Hall–Kier alpha value is -0.620. The predicted octanol–water partition coefficient (Wildman–Crippen LogP) is 3.67. The Balaban J connectivity index is 2.22. The summed E-state index contributed by atoms with van der Waals surface area (Å²) in [6, 6.07) is 5.87. The van der Waals surface area contributed by atoms with E-state index in [1.165, 1.54) is 23.3 Å². The molecule has 1 aromatic carbocycles. The van der Waals surface area contributed by atoms with Gasteiger partial charge in [-0.3, -0.25) is 0 Å². The molecule has 0 aliphatic rings. The Morgan fingerprint density at radius 3 is 2.76 bits per heavy atom. The van der Waals surface area contributed by atoms with Crippen molar-refractivity contribution in [2.24, 2.45) is 5.73 Å². The maximum Gasteiger partial charge on any atom is 0.174 e. The molecule has 0 bridgehead atoms. The van der Waals surface area contributed by atoms with Crippen LogP contribution in [0.25, 0.3) is 0 Å². The van der Waals surface area contributed by atoms with Crippen LogP contribution >= 0.6 is 34.9 Å². The van der Waals surface area contributed by atoms with Crippen molar-refractivity contribution in [2.75, 3.05) is 0 Å². The molecule has 2 rings (SSSR count). The van der Waals surface area contributed by atoms with E-state index in [0.717, 1.165) is 20.6 Å².